The number of nitrogens with zero attached hydrogens (tertiary/aromatic N) is 2. The summed E-state index contributed by atoms with van der Waals surface area (Å²) < 4.78 is 11.0. The van der Waals surface area contributed by atoms with Crippen LogP contribution in [0.3, 0.4) is 0 Å². The molecular formula is C17H20N2O5. The van der Waals surface area contributed by atoms with Gasteiger partial charge in [0.2, 0.25) is 5.91 Å². The maximum absolute atomic E-state index is 12.8. The number of ether oxygens (including phenoxy) is 1. The van der Waals surface area contributed by atoms with Gasteiger partial charge in [0.25, 0.3) is 0 Å². The largest absolute Gasteiger partial charge is 0.481 e. The van der Waals surface area contributed by atoms with Crippen LogP contribution in [0, 0.1) is 11.8 Å². The Kier molecular flexibility index (Phi) is 3.90. The third kappa shape index (κ3) is 2.63. The summed E-state index contributed by atoms with van der Waals surface area (Å²) in [6.45, 7) is 3.43. The smallest absolute Gasteiger partial charge is 0.310 e. The van der Waals surface area contributed by atoms with Crippen LogP contribution in [0.2, 0.25) is 0 Å². The monoisotopic (exact) mass is 332 g/mol. The molecule has 7 nitrogen and oxygen atoms in total. The second-order valence-corrected chi connectivity index (χ2v) is 6.52. The summed E-state index contributed by atoms with van der Waals surface area (Å²) in [6.07, 6.45) is 4.37. The van der Waals surface area contributed by atoms with E-state index in [1.807, 2.05) is 18.2 Å². The molecule has 4 atom stereocenters. The molecule has 2 fully saturated rings. The van der Waals surface area contributed by atoms with Crippen molar-refractivity contribution in [1.82, 2.24) is 9.80 Å². The normalized spacial score (nSPS) is 32.4. The lowest BCUT2D eigenvalue weighted by Gasteiger charge is -2.36. The quantitative estimate of drug-likeness (QED) is 0.812. The number of piperazine rings is 1. The van der Waals surface area contributed by atoms with Gasteiger partial charge in [-0.25, -0.2) is 0 Å². The Labute approximate surface area is 139 Å². The molecule has 0 saturated carbocycles. The zero-order chi connectivity index (χ0) is 16.7. The number of hydrogen-bond donors (Lipinski definition) is 1. The molecule has 1 aromatic heterocycles. The molecule has 0 aliphatic carbocycles. The van der Waals surface area contributed by atoms with Gasteiger partial charge >= 0.3 is 5.97 Å². The van der Waals surface area contributed by atoms with Crippen LogP contribution in [0.4, 0.5) is 0 Å². The van der Waals surface area contributed by atoms with E-state index in [0.29, 0.717) is 13.1 Å². The Morgan fingerprint density at radius 3 is 2.46 bits per heavy atom. The summed E-state index contributed by atoms with van der Waals surface area (Å²) in [4.78, 5) is 28.4. The Hall–Kier alpha value is -2.12. The van der Waals surface area contributed by atoms with Gasteiger partial charge in [-0.3, -0.25) is 14.5 Å². The number of carboxylic acid groups (broad SMARTS) is 1. The minimum Gasteiger partial charge on any atom is -0.481 e. The van der Waals surface area contributed by atoms with Crippen molar-refractivity contribution in [3.63, 3.8) is 0 Å². The molecule has 0 radical (unpaired) electrons. The van der Waals surface area contributed by atoms with E-state index >= 15 is 0 Å². The van der Waals surface area contributed by atoms with Crippen molar-refractivity contribution in [2.24, 2.45) is 11.8 Å². The second-order valence-electron chi connectivity index (χ2n) is 6.52. The van der Waals surface area contributed by atoms with Crippen molar-refractivity contribution >= 4 is 11.9 Å². The molecule has 128 valence electrons. The van der Waals surface area contributed by atoms with E-state index in [1.165, 1.54) is 0 Å². The van der Waals surface area contributed by atoms with Crippen LogP contribution < -0.4 is 0 Å². The Morgan fingerprint density at radius 1 is 1.12 bits per heavy atom. The van der Waals surface area contributed by atoms with Gasteiger partial charge in [0, 0.05) is 26.2 Å². The van der Waals surface area contributed by atoms with Crippen LogP contribution in [-0.4, -0.2) is 65.2 Å². The van der Waals surface area contributed by atoms with E-state index < -0.39 is 30.0 Å². The van der Waals surface area contributed by atoms with E-state index in [-0.39, 0.29) is 5.91 Å². The van der Waals surface area contributed by atoms with Crippen molar-refractivity contribution in [2.45, 2.75) is 18.8 Å². The first kappa shape index (κ1) is 15.4. The molecule has 0 unspecified atom stereocenters. The van der Waals surface area contributed by atoms with Gasteiger partial charge in [0.05, 0.1) is 30.9 Å². The first-order valence-corrected chi connectivity index (χ1v) is 8.23. The van der Waals surface area contributed by atoms with Crippen LogP contribution >= 0.6 is 0 Å². The van der Waals surface area contributed by atoms with E-state index in [1.54, 1.807) is 17.2 Å². The molecule has 24 heavy (non-hydrogen) atoms. The number of carbonyl (C=O) groups excluding carboxylic acids is 1. The molecule has 4 heterocycles. The number of hydrogen-bond acceptors (Lipinski definition) is 5. The van der Waals surface area contributed by atoms with E-state index in [2.05, 4.69) is 4.90 Å². The summed E-state index contributed by atoms with van der Waals surface area (Å²) in [6, 6.07) is 3.80. The lowest BCUT2D eigenvalue weighted by atomic mass is 9.82. The molecular weight excluding hydrogens is 312 g/mol. The standard InChI is InChI=1S/C17H20N2O5/c20-16(14-12-3-4-13(24-12)15(14)17(21)22)19-7-5-18(6-8-19)10-11-2-1-9-23-11/h1-4,9,12-15H,5-8,10H2,(H,21,22)/t12-,13+,14+,15+/m1/s1. The molecule has 1 N–H and O–H groups in total. The summed E-state index contributed by atoms with van der Waals surface area (Å²) >= 11 is 0. The van der Waals surface area contributed by atoms with Crippen LogP contribution in [0.5, 0.6) is 0 Å². The van der Waals surface area contributed by atoms with Crippen LogP contribution in [0.15, 0.2) is 35.0 Å². The van der Waals surface area contributed by atoms with Crippen LogP contribution in [0.25, 0.3) is 0 Å². The molecule has 4 rings (SSSR count). The molecule has 0 aromatic carbocycles. The Morgan fingerprint density at radius 2 is 1.83 bits per heavy atom. The highest BCUT2D eigenvalue weighted by molar-refractivity contribution is 5.87. The maximum atomic E-state index is 12.8. The Bertz CT molecular complexity index is 648. The fraction of sp³-hybridized carbons (Fsp3) is 0.529. The van der Waals surface area contributed by atoms with E-state index in [0.717, 1.165) is 25.4 Å². The predicted molar refractivity (Wildman–Crippen MR) is 83.0 cm³/mol. The minimum atomic E-state index is -0.957. The highest BCUT2D eigenvalue weighted by Crippen LogP contribution is 2.40. The topological polar surface area (TPSA) is 83.2 Å². The predicted octanol–water partition coefficient (Wildman–Crippen LogP) is 0.578. The third-order valence-corrected chi connectivity index (χ3v) is 5.11. The Balaban J connectivity index is 1.38. The number of carbonyl (C=O) groups is 2. The van der Waals surface area contributed by atoms with Gasteiger partial charge < -0.3 is 19.2 Å². The van der Waals surface area contributed by atoms with Crippen molar-refractivity contribution in [3.8, 4) is 0 Å². The second kappa shape index (κ2) is 6.07. The molecule has 7 heteroatoms. The van der Waals surface area contributed by atoms with E-state index in [4.69, 9.17) is 9.15 Å². The van der Waals surface area contributed by atoms with Gasteiger partial charge in [-0.05, 0) is 12.1 Å². The average molecular weight is 332 g/mol. The maximum Gasteiger partial charge on any atom is 0.310 e. The fourth-order valence-electron chi connectivity index (χ4n) is 3.86. The van der Waals surface area contributed by atoms with Crippen molar-refractivity contribution in [3.05, 3.63) is 36.3 Å². The first-order chi connectivity index (χ1) is 11.6. The molecule has 1 aromatic rings. The number of furan rings is 1. The number of amides is 1. The van der Waals surface area contributed by atoms with Crippen molar-refractivity contribution in [2.75, 3.05) is 26.2 Å². The number of aliphatic carboxylic acids is 1. The molecule has 0 spiro atoms. The van der Waals surface area contributed by atoms with Crippen LogP contribution in [-0.2, 0) is 20.9 Å². The highest BCUT2D eigenvalue weighted by atomic mass is 16.5. The summed E-state index contributed by atoms with van der Waals surface area (Å²) in [5.74, 6) is -1.52. The molecule has 3 aliphatic heterocycles. The molecule has 2 bridgehead atoms. The van der Waals surface area contributed by atoms with Gasteiger partial charge in [-0.1, -0.05) is 12.2 Å². The van der Waals surface area contributed by atoms with E-state index in [9.17, 15) is 14.7 Å². The fourth-order valence-corrected chi connectivity index (χ4v) is 3.86. The average Bonchev–Trinajstić information content (AvgIpc) is 3.31. The minimum absolute atomic E-state index is 0.100. The van der Waals surface area contributed by atoms with Crippen LogP contribution in [0.1, 0.15) is 5.76 Å². The molecule has 2 saturated heterocycles. The summed E-state index contributed by atoms with van der Waals surface area (Å²) in [5.41, 5.74) is 0. The summed E-state index contributed by atoms with van der Waals surface area (Å²) in [5, 5.41) is 9.44. The lowest BCUT2D eigenvalue weighted by molar-refractivity contribution is -0.150. The highest BCUT2D eigenvalue weighted by Gasteiger charge is 2.54. The number of fused-ring (bicyclic) bond motifs is 2. The van der Waals surface area contributed by atoms with Gasteiger partial charge in [-0.2, -0.15) is 0 Å². The van der Waals surface area contributed by atoms with Gasteiger partial charge in [0.15, 0.2) is 0 Å². The molecule has 1 amide bonds. The first-order valence-electron chi connectivity index (χ1n) is 8.23. The zero-order valence-electron chi connectivity index (χ0n) is 13.2. The third-order valence-electron chi connectivity index (χ3n) is 5.11. The number of carboxylic acids is 1. The van der Waals surface area contributed by atoms with Crippen molar-refractivity contribution in [1.29, 1.82) is 0 Å². The SMILES string of the molecule is O=C(O)[C@@H]1[C@@H](C(=O)N2CCN(Cc3ccco3)CC2)[C@H]2C=C[C@@H]1O2. The van der Waals surface area contributed by atoms with Gasteiger partial charge in [0.1, 0.15) is 11.7 Å². The van der Waals surface area contributed by atoms with Crippen molar-refractivity contribution < 1.29 is 23.8 Å². The number of rotatable bonds is 4. The molecule has 3 aliphatic rings. The lowest BCUT2D eigenvalue weighted by Crippen LogP contribution is -2.52. The van der Waals surface area contributed by atoms with Gasteiger partial charge in [-0.15, -0.1) is 0 Å². The zero-order valence-corrected chi connectivity index (χ0v) is 13.2. The summed E-state index contributed by atoms with van der Waals surface area (Å²) in [7, 11) is 0.